The Balaban J connectivity index is 2.18. The van der Waals surface area contributed by atoms with Crippen LogP contribution in [0.15, 0.2) is 12.1 Å². The van der Waals surface area contributed by atoms with Crippen LogP contribution in [0.3, 0.4) is 0 Å². The monoisotopic (exact) mass is 264 g/mol. The normalized spacial score (nSPS) is 19.4. The van der Waals surface area contributed by atoms with Gasteiger partial charge in [-0.05, 0) is 31.5 Å². The van der Waals surface area contributed by atoms with Gasteiger partial charge in [0.25, 0.3) is 0 Å². The van der Waals surface area contributed by atoms with Gasteiger partial charge in [0.1, 0.15) is 5.82 Å². The average molecular weight is 264 g/mol. The molecule has 1 amide bonds. The zero-order valence-electron chi connectivity index (χ0n) is 10.8. The molecule has 0 N–H and O–H groups in total. The van der Waals surface area contributed by atoms with Gasteiger partial charge >= 0.3 is 0 Å². The summed E-state index contributed by atoms with van der Waals surface area (Å²) in [6.45, 7) is 6.01. The lowest BCUT2D eigenvalue weighted by molar-refractivity contribution is -0.117. The van der Waals surface area contributed by atoms with Gasteiger partial charge < -0.3 is 0 Å². The summed E-state index contributed by atoms with van der Waals surface area (Å²) in [6, 6.07) is 3.89. The van der Waals surface area contributed by atoms with E-state index in [-0.39, 0.29) is 16.3 Å². The molecule has 0 aliphatic carbocycles. The number of hydrogen-bond acceptors (Lipinski definition) is 4. The Hall–Kier alpha value is -1.36. The molecule has 1 aromatic heterocycles. The van der Waals surface area contributed by atoms with Crippen molar-refractivity contribution in [2.45, 2.75) is 32.4 Å². The van der Waals surface area contributed by atoms with E-state index in [0.717, 1.165) is 11.3 Å². The number of hydrogen-bond donors (Lipinski definition) is 0. The molecule has 0 saturated carbocycles. The molecule has 1 fully saturated rings. The third-order valence-electron chi connectivity index (χ3n) is 2.78. The molecule has 1 saturated heterocycles. The molecule has 4 nitrogen and oxygen atoms in total. The molecule has 1 unspecified atom stereocenters. The second-order valence-electron chi connectivity index (χ2n) is 4.58. The second kappa shape index (κ2) is 5.10. The van der Waals surface area contributed by atoms with Crippen LogP contribution in [0.5, 0.6) is 0 Å². The number of aromatic nitrogens is 1. The number of carbonyl (C=O) groups excluding carboxylic acids is 2. The van der Waals surface area contributed by atoms with Crippen LogP contribution < -0.4 is 4.90 Å². The largest absolute Gasteiger partial charge is 0.296 e. The van der Waals surface area contributed by atoms with Crippen molar-refractivity contribution in [3.05, 3.63) is 23.4 Å². The van der Waals surface area contributed by atoms with Crippen molar-refractivity contribution >= 4 is 28.6 Å². The lowest BCUT2D eigenvalue weighted by atomic mass is 10.2. The fourth-order valence-electron chi connectivity index (χ4n) is 2.17. The highest BCUT2D eigenvalue weighted by atomic mass is 32.2. The van der Waals surface area contributed by atoms with Gasteiger partial charge in [0, 0.05) is 30.8 Å². The molecule has 0 spiro atoms. The van der Waals surface area contributed by atoms with Crippen LogP contribution in [0.25, 0.3) is 0 Å². The quantitative estimate of drug-likeness (QED) is 0.820. The number of rotatable bonds is 2. The molecule has 96 valence electrons. The lowest BCUT2D eigenvalue weighted by Crippen LogP contribution is -2.26. The second-order valence-corrected chi connectivity index (χ2v) is 6.06. The van der Waals surface area contributed by atoms with E-state index in [0.29, 0.717) is 18.8 Å². The molecule has 2 heterocycles. The van der Waals surface area contributed by atoms with E-state index >= 15 is 0 Å². The molecule has 1 aliphatic rings. The minimum atomic E-state index is 0.0475. The highest BCUT2D eigenvalue weighted by Gasteiger charge is 2.32. The van der Waals surface area contributed by atoms with Crippen molar-refractivity contribution in [3.8, 4) is 0 Å². The SMILES string of the molecule is CC(=O)SC1CC(=O)N(c2cc(C)cc(C)n2)C1. The summed E-state index contributed by atoms with van der Waals surface area (Å²) in [5, 5.41) is 0.112. The van der Waals surface area contributed by atoms with Gasteiger partial charge in [-0.3, -0.25) is 14.5 Å². The third kappa shape index (κ3) is 2.90. The Kier molecular flexibility index (Phi) is 3.71. The number of pyridine rings is 1. The number of aryl methyl sites for hydroxylation is 2. The first kappa shape index (κ1) is 13.1. The fraction of sp³-hybridized carbons (Fsp3) is 0.462. The van der Waals surface area contributed by atoms with E-state index in [1.54, 1.807) is 4.90 Å². The molecule has 0 aromatic carbocycles. The Morgan fingerprint density at radius 1 is 1.44 bits per heavy atom. The molecule has 1 aromatic rings. The zero-order valence-corrected chi connectivity index (χ0v) is 11.6. The van der Waals surface area contributed by atoms with Crippen molar-refractivity contribution in [1.29, 1.82) is 0 Å². The van der Waals surface area contributed by atoms with Crippen LogP contribution in [0.1, 0.15) is 24.6 Å². The first-order chi connectivity index (χ1) is 8.45. The summed E-state index contributed by atoms with van der Waals surface area (Å²) in [5.74, 6) is 0.746. The van der Waals surface area contributed by atoms with Crippen LogP contribution in [0.2, 0.25) is 0 Å². The summed E-state index contributed by atoms with van der Waals surface area (Å²) < 4.78 is 0. The molecule has 2 rings (SSSR count). The van der Waals surface area contributed by atoms with Crippen molar-refractivity contribution in [1.82, 2.24) is 4.98 Å². The smallest absolute Gasteiger partial charge is 0.229 e. The Morgan fingerprint density at radius 3 is 2.78 bits per heavy atom. The minimum Gasteiger partial charge on any atom is -0.296 e. The van der Waals surface area contributed by atoms with Gasteiger partial charge in [-0.1, -0.05) is 11.8 Å². The molecule has 0 bridgehead atoms. The number of carbonyl (C=O) groups is 2. The van der Waals surface area contributed by atoms with E-state index in [4.69, 9.17) is 0 Å². The fourth-order valence-corrected chi connectivity index (χ4v) is 3.09. The topological polar surface area (TPSA) is 50.3 Å². The zero-order chi connectivity index (χ0) is 13.3. The standard InChI is InChI=1S/C13H16N2O2S/c1-8-4-9(2)14-12(5-8)15-7-11(6-13(15)17)18-10(3)16/h4-5,11H,6-7H2,1-3H3. The van der Waals surface area contributed by atoms with Crippen molar-refractivity contribution in [2.75, 3.05) is 11.4 Å². The first-order valence-corrected chi connectivity index (χ1v) is 6.76. The molecular weight excluding hydrogens is 248 g/mol. The molecule has 5 heteroatoms. The van der Waals surface area contributed by atoms with Crippen molar-refractivity contribution < 1.29 is 9.59 Å². The van der Waals surface area contributed by atoms with Crippen molar-refractivity contribution in [2.24, 2.45) is 0 Å². The molecule has 1 aliphatic heterocycles. The van der Waals surface area contributed by atoms with Crippen LogP contribution in [0, 0.1) is 13.8 Å². The number of amides is 1. The van der Waals surface area contributed by atoms with Gasteiger partial charge in [0.2, 0.25) is 5.91 Å². The maximum Gasteiger partial charge on any atom is 0.229 e. The predicted octanol–water partition coefficient (Wildman–Crippen LogP) is 2.08. The van der Waals surface area contributed by atoms with Gasteiger partial charge in [-0.25, -0.2) is 4.98 Å². The van der Waals surface area contributed by atoms with Gasteiger partial charge in [-0.2, -0.15) is 0 Å². The summed E-state index contributed by atoms with van der Waals surface area (Å²) in [7, 11) is 0. The third-order valence-corrected chi connectivity index (χ3v) is 3.76. The highest BCUT2D eigenvalue weighted by Crippen LogP contribution is 2.28. The number of anilines is 1. The minimum absolute atomic E-state index is 0.0475. The van der Waals surface area contributed by atoms with E-state index < -0.39 is 0 Å². The van der Waals surface area contributed by atoms with E-state index in [1.165, 1.54) is 18.7 Å². The number of nitrogens with zero attached hydrogens (tertiary/aromatic N) is 2. The summed E-state index contributed by atoms with van der Waals surface area (Å²) in [6.07, 6.45) is 0.416. The van der Waals surface area contributed by atoms with E-state index in [2.05, 4.69) is 4.98 Å². The van der Waals surface area contributed by atoms with Crippen LogP contribution >= 0.6 is 11.8 Å². The van der Waals surface area contributed by atoms with Gasteiger partial charge in [0.15, 0.2) is 5.12 Å². The van der Waals surface area contributed by atoms with Crippen LogP contribution in [0.4, 0.5) is 5.82 Å². The lowest BCUT2D eigenvalue weighted by Gasteiger charge is -2.16. The van der Waals surface area contributed by atoms with Gasteiger partial charge in [-0.15, -0.1) is 0 Å². The average Bonchev–Trinajstić information content (AvgIpc) is 2.56. The summed E-state index contributed by atoms with van der Waals surface area (Å²) in [4.78, 5) is 29.1. The Bertz CT molecular complexity index is 482. The Morgan fingerprint density at radius 2 is 2.17 bits per heavy atom. The van der Waals surface area contributed by atoms with Crippen molar-refractivity contribution in [3.63, 3.8) is 0 Å². The number of thioether (sulfide) groups is 1. The molecule has 18 heavy (non-hydrogen) atoms. The maximum absolute atomic E-state index is 12.0. The summed E-state index contributed by atoms with van der Waals surface area (Å²) in [5.41, 5.74) is 1.99. The van der Waals surface area contributed by atoms with Crippen LogP contribution in [-0.4, -0.2) is 27.8 Å². The first-order valence-electron chi connectivity index (χ1n) is 5.88. The molecule has 1 atom stereocenters. The highest BCUT2D eigenvalue weighted by molar-refractivity contribution is 8.14. The molecule has 0 radical (unpaired) electrons. The predicted molar refractivity (Wildman–Crippen MR) is 72.7 cm³/mol. The van der Waals surface area contributed by atoms with E-state index in [1.807, 2.05) is 26.0 Å². The maximum atomic E-state index is 12.0. The van der Waals surface area contributed by atoms with Gasteiger partial charge in [0.05, 0.1) is 0 Å². The Labute approximate surface area is 111 Å². The summed E-state index contributed by atoms with van der Waals surface area (Å²) >= 11 is 1.24. The van der Waals surface area contributed by atoms with Crippen LogP contribution in [-0.2, 0) is 9.59 Å². The molecular formula is C13H16N2O2S. The van der Waals surface area contributed by atoms with E-state index in [9.17, 15) is 9.59 Å².